The molecule has 106 valence electrons. The molecule has 0 aliphatic rings. The number of carbonyl (C=O) groups excluding carboxylic acids is 1. The molecule has 1 atom stereocenters. The van der Waals surface area contributed by atoms with E-state index in [4.69, 9.17) is 9.15 Å². The highest BCUT2D eigenvalue weighted by Gasteiger charge is 2.11. The molecule has 0 aliphatic carbocycles. The van der Waals surface area contributed by atoms with E-state index in [2.05, 4.69) is 10.6 Å². The van der Waals surface area contributed by atoms with E-state index >= 15 is 0 Å². The lowest BCUT2D eigenvalue weighted by molar-refractivity contribution is -0.114. The smallest absolute Gasteiger partial charge is 0.221 e. The van der Waals surface area contributed by atoms with Gasteiger partial charge < -0.3 is 19.8 Å². The molecule has 1 aromatic heterocycles. The minimum Gasteiger partial charge on any atom is -0.495 e. The number of hydrogen-bond acceptors (Lipinski definition) is 4. The highest BCUT2D eigenvalue weighted by Crippen LogP contribution is 2.31. The number of ether oxygens (including phenoxy) is 1. The van der Waals surface area contributed by atoms with Gasteiger partial charge in [0, 0.05) is 18.7 Å². The first kappa shape index (κ1) is 14.0. The predicted molar refractivity (Wildman–Crippen MR) is 78.0 cm³/mol. The summed E-state index contributed by atoms with van der Waals surface area (Å²) in [7, 11) is 1.59. The van der Waals surface area contributed by atoms with Gasteiger partial charge in [0.05, 0.1) is 25.1 Å². The third kappa shape index (κ3) is 3.32. The van der Waals surface area contributed by atoms with Gasteiger partial charge in [0.2, 0.25) is 5.91 Å². The summed E-state index contributed by atoms with van der Waals surface area (Å²) in [4.78, 5) is 11.1. The second kappa shape index (κ2) is 6.14. The van der Waals surface area contributed by atoms with Gasteiger partial charge in [-0.15, -0.1) is 0 Å². The molecule has 0 saturated heterocycles. The predicted octanol–water partition coefficient (Wildman–Crippen LogP) is 3.42. The van der Waals surface area contributed by atoms with Crippen molar-refractivity contribution in [2.24, 2.45) is 0 Å². The lowest BCUT2D eigenvalue weighted by Gasteiger charge is -2.16. The Labute approximate surface area is 117 Å². The molecule has 1 heterocycles. The van der Waals surface area contributed by atoms with Gasteiger partial charge in [-0.1, -0.05) is 0 Å². The molecule has 0 bridgehead atoms. The van der Waals surface area contributed by atoms with Crippen LogP contribution in [0.1, 0.15) is 25.6 Å². The van der Waals surface area contributed by atoms with Crippen molar-refractivity contribution in [2.45, 2.75) is 19.9 Å². The summed E-state index contributed by atoms with van der Waals surface area (Å²) in [5, 5.41) is 6.04. The average molecular weight is 274 g/mol. The number of methoxy groups -OCH3 is 1. The van der Waals surface area contributed by atoms with Crippen LogP contribution in [0, 0.1) is 0 Å². The second-order valence-electron chi connectivity index (χ2n) is 4.48. The molecule has 2 aromatic rings. The van der Waals surface area contributed by atoms with Crippen LogP contribution in [0.3, 0.4) is 0 Å². The molecule has 1 aromatic carbocycles. The molecule has 0 unspecified atom stereocenters. The summed E-state index contributed by atoms with van der Waals surface area (Å²) in [6.45, 7) is 3.47. The number of anilines is 2. The van der Waals surface area contributed by atoms with Gasteiger partial charge in [0.15, 0.2) is 0 Å². The van der Waals surface area contributed by atoms with Gasteiger partial charge >= 0.3 is 0 Å². The molecule has 1 amide bonds. The van der Waals surface area contributed by atoms with Crippen molar-refractivity contribution >= 4 is 17.3 Å². The first-order chi connectivity index (χ1) is 9.60. The zero-order valence-electron chi connectivity index (χ0n) is 11.8. The van der Waals surface area contributed by atoms with E-state index < -0.39 is 0 Å². The lowest BCUT2D eigenvalue weighted by Crippen LogP contribution is -2.08. The van der Waals surface area contributed by atoms with E-state index in [0.29, 0.717) is 11.4 Å². The van der Waals surface area contributed by atoms with E-state index in [0.717, 1.165) is 11.4 Å². The van der Waals surface area contributed by atoms with Crippen molar-refractivity contribution in [3.8, 4) is 5.75 Å². The third-order valence-electron chi connectivity index (χ3n) is 2.86. The average Bonchev–Trinajstić information content (AvgIpc) is 2.93. The molecule has 0 saturated carbocycles. The Morgan fingerprint density at radius 2 is 2.15 bits per heavy atom. The summed E-state index contributed by atoms with van der Waals surface area (Å²) in [6, 6.07) is 9.24. The number of amides is 1. The lowest BCUT2D eigenvalue weighted by atomic mass is 10.2. The van der Waals surface area contributed by atoms with Gasteiger partial charge in [0.1, 0.15) is 11.5 Å². The number of carbonyl (C=O) groups is 1. The van der Waals surface area contributed by atoms with E-state index in [-0.39, 0.29) is 11.9 Å². The van der Waals surface area contributed by atoms with Gasteiger partial charge in [-0.2, -0.15) is 0 Å². The molecule has 2 N–H and O–H groups in total. The fraction of sp³-hybridized carbons (Fsp3) is 0.267. The molecule has 0 spiro atoms. The molecular formula is C15H18N2O3. The SMILES string of the molecule is COc1cc(NC(C)=O)ccc1N[C@@H](C)c1ccco1. The van der Waals surface area contributed by atoms with Crippen LogP contribution in [0.25, 0.3) is 0 Å². The monoisotopic (exact) mass is 274 g/mol. The van der Waals surface area contributed by atoms with E-state index in [9.17, 15) is 4.79 Å². The largest absolute Gasteiger partial charge is 0.495 e. The number of furan rings is 1. The van der Waals surface area contributed by atoms with Crippen LogP contribution in [-0.4, -0.2) is 13.0 Å². The highest BCUT2D eigenvalue weighted by molar-refractivity contribution is 5.89. The molecule has 2 rings (SSSR count). The third-order valence-corrected chi connectivity index (χ3v) is 2.86. The summed E-state index contributed by atoms with van der Waals surface area (Å²) < 4.78 is 10.7. The van der Waals surface area contributed by atoms with Crippen molar-refractivity contribution < 1.29 is 13.9 Å². The summed E-state index contributed by atoms with van der Waals surface area (Å²) >= 11 is 0. The van der Waals surface area contributed by atoms with Gasteiger partial charge in [-0.25, -0.2) is 0 Å². The molecule has 20 heavy (non-hydrogen) atoms. The Hall–Kier alpha value is -2.43. The van der Waals surface area contributed by atoms with Crippen molar-refractivity contribution in [1.82, 2.24) is 0 Å². The van der Waals surface area contributed by atoms with Gasteiger partial charge in [-0.3, -0.25) is 4.79 Å². The Balaban J connectivity index is 2.17. The topological polar surface area (TPSA) is 63.5 Å². The Kier molecular flexibility index (Phi) is 4.30. The molecule has 0 fully saturated rings. The van der Waals surface area contributed by atoms with Crippen molar-refractivity contribution in [1.29, 1.82) is 0 Å². The van der Waals surface area contributed by atoms with Crippen LogP contribution in [0.4, 0.5) is 11.4 Å². The molecular weight excluding hydrogens is 256 g/mol. The molecule has 5 heteroatoms. The highest BCUT2D eigenvalue weighted by atomic mass is 16.5. The van der Waals surface area contributed by atoms with Crippen LogP contribution in [0.15, 0.2) is 41.0 Å². The van der Waals surface area contributed by atoms with E-state index in [1.807, 2.05) is 31.2 Å². The number of rotatable bonds is 5. The van der Waals surface area contributed by atoms with Crippen LogP contribution < -0.4 is 15.4 Å². The van der Waals surface area contributed by atoms with Crippen molar-refractivity contribution in [3.63, 3.8) is 0 Å². The van der Waals surface area contributed by atoms with Crippen molar-refractivity contribution in [2.75, 3.05) is 17.7 Å². The molecule has 0 aliphatic heterocycles. The first-order valence-corrected chi connectivity index (χ1v) is 6.35. The first-order valence-electron chi connectivity index (χ1n) is 6.35. The Bertz CT molecular complexity index is 579. The number of hydrogen-bond donors (Lipinski definition) is 2. The maximum absolute atomic E-state index is 11.1. The number of benzene rings is 1. The van der Waals surface area contributed by atoms with Gasteiger partial charge in [0.25, 0.3) is 0 Å². The summed E-state index contributed by atoms with van der Waals surface area (Å²) in [6.07, 6.45) is 1.64. The fourth-order valence-corrected chi connectivity index (χ4v) is 1.93. The quantitative estimate of drug-likeness (QED) is 0.877. The summed E-state index contributed by atoms with van der Waals surface area (Å²) in [5.41, 5.74) is 1.54. The molecule has 0 radical (unpaired) electrons. The van der Waals surface area contributed by atoms with Crippen LogP contribution in [0.5, 0.6) is 5.75 Å². The zero-order chi connectivity index (χ0) is 14.5. The maximum atomic E-state index is 11.1. The van der Waals surface area contributed by atoms with Crippen LogP contribution in [0.2, 0.25) is 0 Å². The van der Waals surface area contributed by atoms with E-state index in [1.54, 1.807) is 19.4 Å². The Morgan fingerprint density at radius 1 is 1.35 bits per heavy atom. The fourth-order valence-electron chi connectivity index (χ4n) is 1.93. The second-order valence-corrected chi connectivity index (χ2v) is 4.48. The van der Waals surface area contributed by atoms with Crippen molar-refractivity contribution in [3.05, 3.63) is 42.4 Å². The normalized spacial score (nSPS) is 11.8. The molecule has 5 nitrogen and oxygen atoms in total. The van der Waals surface area contributed by atoms with Crippen LogP contribution >= 0.6 is 0 Å². The van der Waals surface area contributed by atoms with Gasteiger partial charge in [-0.05, 0) is 31.2 Å². The van der Waals surface area contributed by atoms with Crippen LogP contribution in [-0.2, 0) is 4.79 Å². The van der Waals surface area contributed by atoms with E-state index in [1.165, 1.54) is 6.92 Å². The summed E-state index contributed by atoms with van der Waals surface area (Å²) in [5.74, 6) is 1.39. The maximum Gasteiger partial charge on any atom is 0.221 e. The minimum absolute atomic E-state index is 0.0190. The Morgan fingerprint density at radius 3 is 2.75 bits per heavy atom. The standard InChI is InChI=1S/C15H18N2O3/c1-10(14-5-4-8-20-14)16-13-7-6-12(17-11(2)18)9-15(13)19-3/h4-10,16H,1-3H3,(H,17,18)/t10-/m0/s1. The zero-order valence-corrected chi connectivity index (χ0v) is 11.8. The minimum atomic E-state index is -0.114. The number of nitrogens with one attached hydrogen (secondary N) is 2.